The fourth-order valence-corrected chi connectivity index (χ4v) is 2.80. The fourth-order valence-electron chi connectivity index (χ4n) is 2.80. The monoisotopic (exact) mass is 314 g/mol. The first-order chi connectivity index (χ1) is 11.0. The molecular formula is C20H28NO2+. The molecule has 3 nitrogen and oxygen atoms in total. The summed E-state index contributed by atoms with van der Waals surface area (Å²) in [6, 6.07) is 12.9. The summed E-state index contributed by atoms with van der Waals surface area (Å²) in [5, 5.41) is 0. The molecule has 0 aliphatic heterocycles. The molecule has 124 valence electrons. The largest absolute Gasteiger partial charge is 0.493 e. The predicted octanol–water partition coefficient (Wildman–Crippen LogP) is 2.58. The van der Waals surface area contributed by atoms with Crippen molar-refractivity contribution < 1.29 is 14.4 Å². The van der Waals surface area contributed by atoms with Gasteiger partial charge in [-0.25, -0.2) is 0 Å². The normalized spacial score (nSPS) is 12.0. The summed E-state index contributed by atoms with van der Waals surface area (Å²) in [6.45, 7) is 6.49. The molecule has 2 aromatic rings. The maximum Gasteiger partial charge on any atom is 0.160 e. The van der Waals surface area contributed by atoms with Crippen LogP contribution >= 0.6 is 0 Å². The number of nitrogens with one attached hydrogen (secondary N) is 1. The van der Waals surface area contributed by atoms with E-state index in [1.54, 1.807) is 14.2 Å². The summed E-state index contributed by atoms with van der Waals surface area (Å²) in [4.78, 5) is 1.51. The Morgan fingerprint density at radius 3 is 2.35 bits per heavy atom. The van der Waals surface area contributed by atoms with E-state index in [1.165, 1.54) is 27.2 Å². The van der Waals surface area contributed by atoms with Crippen molar-refractivity contribution in [1.82, 2.24) is 0 Å². The van der Waals surface area contributed by atoms with Crippen molar-refractivity contribution in [2.45, 2.75) is 26.8 Å². The average molecular weight is 314 g/mol. The Kier molecular flexibility index (Phi) is 6.05. The quantitative estimate of drug-likeness (QED) is 0.849. The molecule has 0 spiro atoms. The Morgan fingerprint density at radius 2 is 1.65 bits per heavy atom. The summed E-state index contributed by atoms with van der Waals surface area (Å²) in [7, 11) is 5.60. The van der Waals surface area contributed by atoms with Crippen LogP contribution in [-0.4, -0.2) is 27.8 Å². The Bertz CT molecular complexity index is 652. The topological polar surface area (TPSA) is 22.9 Å². The van der Waals surface area contributed by atoms with Crippen molar-refractivity contribution in [3.63, 3.8) is 0 Å². The first-order valence-corrected chi connectivity index (χ1v) is 8.12. The molecule has 0 saturated carbocycles. The first kappa shape index (κ1) is 17.4. The number of benzene rings is 2. The van der Waals surface area contributed by atoms with E-state index in [1.807, 2.05) is 6.07 Å². The second-order valence-corrected chi connectivity index (χ2v) is 6.25. The zero-order valence-corrected chi connectivity index (χ0v) is 14.9. The molecule has 0 aliphatic rings. The molecule has 2 rings (SSSR count). The van der Waals surface area contributed by atoms with Gasteiger partial charge in [-0.05, 0) is 37.1 Å². The molecule has 2 aromatic carbocycles. The number of hydrogen-bond donors (Lipinski definition) is 1. The second kappa shape index (κ2) is 8.02. The lowest BCUT2D eigenvalue weighted by atomic mass is 10.0. The van der Waals surface area contributed by atoms with Gasteiger partial charge in [0.15, 0.2) is 11.5 Å². The summed E-state index contributed by atoms with van der Waals surface area (Å²) in [6.07, 6.45) is 1.02. The third kappa shape index (κ3) is 4.73. The minimum atomic E-state index is 0.785. The molecule has 0 saturated heterocycles. The fraction of sp³-hybridized carbons (Fsp3) is 0.400. The highest BCUT2D eigenvalue weighted by atomic mass is 16.5. The maximum absolute atomic E-state index is 5.38. The van der Waals surface area contributed by atoms with Gasteiger partial charge in [-0.2, -0.15) is 0 Å². The number of hydrogen-bond acceptors (Lipinski definition) is 2. The van der Waals surface area contributed by atoms with Gasteiger partial charge in [-0.1, -0.05) is 29.8 Å². The third-order valence-electron chi connectivity index (χ3n) is 4.29. The molecule has 0 aromatic heterocycles. The molecule has 0 bridgehead atoms. The lowest BCUT2D eigenvalue weighted by Crippen LogP contribution is -3.07. The Morgan fingerprint density at radius 1 is 0.913 bits per heavy atom. The van der Waals surface area contributed by atoms with Crippen molar-refractivity contribution in [2.24, 2.45) is 0 Å². The van der Waals surface area contributed by atoms with E-state index in [2.05, 4.69) is 51.2 Å². The van der Waals surface area contributed by atoms with E-state index < -0.39 is 0 Å². The molecule has 0 heterocycles. The molecule has 0 radical (unpaired) electrons. The smallest absolute Gasteiger partial charge is 0.160 e. The van der Waals surface area contributed by atoms with Gasteiger partial charge in [0, 0.05) is 12.0 Å². The van der Waals surface area contributed by atoms with E-state index in [-0.39, 0.29) is 0 Å². The zero-order valence-electron chi connectivity index (χ0n) is 14.9. The van der Waals surface area contributed by atoms with Crippen LogP contribution in [0.3, 0.4) is 0 Å². The van der Waals surface area contributed by atoms with Crippen LogP contribution in [-0.2, 0) is 13.0 Å². The van der Waals surface area contributed by atoms with Gasteiger partial charge in [-0.15, -0.1) is 0 Å². The van der Waals surface area contributed by atoms with Gasteiger partial charge in [0.2, 0.25) is 0 Å². The van der Waals surface area contributed by atoms with Crippen LogP contribution in [0.25, 0.3) is 0 Å². The SMILES string of the molecule is COc1ccc(CC[NH+](C)Cc2cc(C)ccc2C)cc1OC. The van der Waals surface area contributed by atoms with E-state index in [0.717, 1.165) is 31.0 Å². The minimum Gasteiger partial charge on any atom is -0.493 e. The molecule has 1 unspecified atom stereocenters. The molecule has 0 aliphatic carbocycles. The summed E-state index contributed by atoms with van der Waals surface area (Å²) in [5.74, 6) is 1.59. The highest BCUT2D eigenvalue weighted by Gasteiger charge is 2.09. The van der Waals surface area contributed by atoms with Crippen molar-refractivity contribution in [2.75, 3.05) is 27.8 Å². The van der Waals surface area contributed by atoms with Crippen LogP contribution in [0.4, 0.5) is 0 Å². The lowest BCUT2D eigenvalue weighted by Gasteiger charge is -2.16. The third-order valence-corrected chi connectivity index (χ3v) is 4.29. The van der Waals surface area contributed by atoms with Gasteiger partial charge in [0.25, 0.3) is 0 Å². The van der Waals surface area contributed by atoms with Gasteiger partial charge in [0.1, 0.15) is 6.54 Å². The van der Waals surface area contributed by atoms with Gasteiger partial charge < -0.3 is 14.4 Å². The van der Waals surface area contributed by atoms with Gasteiger partial charge in [-0.3, -0.25) is 0 Å². The van der Waals surface area contributed by atoms with Gasteiger partial charge >= 0.3 is 0 Å². The van der Waals surface area contributed by atoms with Crippen molar-refractivity contribution in [3.8, 4) is 11.5 Å². The standard InChI is InChI=1S/C20H27NO2/c1-15-6-7-16(2)18(12-15)14-21(3)11-10-17-8-9-19(22-4)20(13-17)23-5/h6-9,12-13H,10-11,14H2,1-5H3/p+1. The van der Waals surface area contributed by atoms with E-state index in [9.17, 15) is 0 Å². The lowest BCUT2D eigenvalue weighted by molar-refractivity contribution is -0.893. The Hall–Kier alpha value is -2.00. The minimum absolute atomic E-state index is 0.785. The number of rotatable bonds is 7. The number of likely N-dealkylation sites (N-methyl/N-ethyl adjacent to an activating group) is 1. The van der Waals surface area contributed by atoms with Crippen molar-refractivity contribution >= 4 is 0 Å². The van der Waals surface area contributed by atoms with Crippen LogP contribution in [0, 0.1) is 13.8 Å². The number of methoxy groups -OCH3 is 2. The van der Waals surface area contributed by atoms with Crippen LogP contribution in [0.2, 0.25) is 0 Å². The summed E-state index contributed by atoms with van der Waals surface area (Å²) >= 11 is 0. The number of ether oxygens (including phenoxy) is 2. The molecule has 1 atom stereocenters. The predicted molar refractivity (Wildman–Crippen MR) is 94.6 cm³/mol. The zero-order chi connectivity index (χ0) is 16.8. The van der Waals surface area contributed by atoms with Crippen LogP contribution in [0.5, 0.6) is 11.5 Å². The van der Waals surface area contributed by atoms with Gasteiger partial charge in [0.05, 0.1) is 27.8 Å². The summed E-state index contributed by atoms with van der Waals surface area (Å²) in [5.41, 5.74) is 5.43. The molecule has 0 fully saturated rings. The first-order valence-electron chi connectivity index (χ1n) is 8.12. The molecular weight excluding hydrogens is 286 g/mol. The van der Waals surface area contributed by atoms with E-state index >= 15 is 0 Å². The highest BCUT2D eigenvalue weighted by Crippen LogP contribution is 2.27. The van der Waals surface area contributed by atoms with E-state index in [4.69, 9.17) is 9.47 Å². The number of quaternary nitrogens is 1. The van der Waals surface area contributed by atoms with E-state index in [0.29, 0.717) is 0 Å². The molecule has 0 amide bonds. The van der Waals surface area contributed by atoms with Crippen molar-refractivity contribution in [1.29, 1.82) is 0 Å². The van der Waals surface area contributed by atoms with Crippen LogP contribution in [0.15, 0.2) is 36.4 Å². The second-order valence-electron chi connectivity index (χ2n) is 6.25. The Balaban J connectivity index is 1.96. The van der Waals surface area contributed by atoms with Crippen LogP contribution < -0.4 is 14.4 Å². The maximum atomic E-state index is 5.38. The molecule has 23 heavy (non-hydrogen) atoms. The highest BCUT2D eigenvalue weighted by molar-refractivity contribution is 5.42. The molecule has 1 N–H and O–H groups in total. The molecule has 3 heteroatoms. The Labute approximate surface area is 139 Å². The van der Waals surface area contributed by atoms with Crippen LogP contribution in [0.1, 0.15) is 22.3 Å². The average Bonchev–Trinajstić information content (AvgIpc) is 2.56. The number of aryl methyl sites for hydroxylation is 2. The van der Waals surface area contributed by atoms with Crippen molar-refractivity contribution in [3.05, 3.63) is 58.7 Å². The summed E-state index contributed by atoms with van der Waals surface area (Å²) < 4.78 is 10.7.